The molecule has 2 aromatic rings. The van der Waals surface area contributed by atoms with Gasteiger partial charge < -0.3 is 20.3 Å². The molecule has 2 aromatic heterocycles. The van der Waals surface area contributed by atoms with Crippen LogP contribution in [0.2, 0.25) is 0 Å². The molecule has 4 atom stereocenters. The van der Waals surface area contributed by atoms with Crippen molar-refractivity contribution in [3.63, 3.8) is 0 Å². The Bertz CT molecular complexity index is 874. The van der Waals surface area contributed by atoms with Gasteiger partial charge in [-0.25, -0.2) is 14.4 Å². The largest absolute Gasteiger partial charge is 0.394 e. The Morgan fingerprint density at radius 1 is 1.46 bits per heavy atom. The van der Waals surface area contributed by atoms with Crippen LogP contribution in [0, 0.1) is 6.92 Å². The molecule has 0 aliphatic carbocycles. The summed E-state index contributed by atoms with van der Waals surface area (Å²) in [6, 6.07) is 3.92. The summed E-state index contributed by atoms with van der Waals surface area (Å²) in [6.45, 7) is 1.07. The normalized spacial score (nSPS) is 25.2. The van der Waals surface area contributed by atoms with Crippen molar-refractivity contribution in [2.45, 2.75) is 31.5 Å². The van der Waals surface area contributed by atoms with Crippen LogP contribution in [0.15, 0.2) is 35.4 Å². The summed E-state index contributed by atoms with van der Waals surface area (Å²) < 4.78 is 20.3. The van der Waals surface area contributed by atoms with Crippen LogP contribution in [0.4, 0.5) is 10.1 Å². The molecule has 1 aliphatic rings. The number of aliphatic hydroxyl groups excluding tert-OH is 2. The molecule has 3 heterocycles. The number of nitrogens with zero attached hydrogens (tertiary/aromatic N) is 3. The number of rotatable bonds is 4. The highest BCUT2D eigenvalue weighted by atomic mass is 19.1. The predicted molar refractivity (Wildman–Crippen MR) is 87.3 cm³/mol. The predicted octanol–water partition coefficient (Wildman–Crippen LogP) is -0.212. The van der Waals surface area contributed by atoms with E-state index in [2.05, 4.69) is 15.3 Å². The molecule has 1 fully saturated rings. The Morgan fingerprint density at radius 2 is 2.23 bits per heavy atom. The zero-order valence-corrected chi connectivity index (χ0v) is 13.7. The lowest BCUT2D eigenvalue weighted by Crippen LogP contribution is -2.32. The first-order chi connectivity index (χ1) is 12.4. The first-order valence-corrected chi connectivity index (χ1v) is 7.82. The molecular weight excluding hydrogens is 347 g/mol. The average Bonchev–Trinajstić information content (AvgIpc) is 2.90. The Labute approximate surface area is 147 Å². The number of pyridine rings is 1. The summed E-state index contributed by atoms with van der Waals surface area (Å²) in [4.78, 5) is 32.3. The summed E-state index contributed by atoms with van der Waals surface area (Å²) in [5.41, 5.74) is -0.307. The second kappa shape index (κ2) is 7.28. The second-order valence-electron chi connectivity index (χ2n) is 5.79. The Morgan fingerprint density at radius 3 is 2.85 bits per heavy atom. The van der Waals surface area contributed by atoms with Crippen LogP contribution >= 0.6 is 0 Å². The lowest BCUT2D eigenvalue weighted by Gasteiger charge is -2.16. The smallest absolute Gasteiger partial charge is 0.274 e. The van der Waals surface area contributed by atoms with Gasteiger partial charge in [0, 0.05) is 24.1 Å². The van der Waals surface area contributed by atoms with E-state index < -0.39 is 42.7 Å². The van der Waals surface area contributed by atoms with Gasteiger partial charge in [-0.2, -0.15) is 0 Å². The van der Waals surface area contributed by atoms with Crippen molar-refractivity contribution in [3.8, 4) is 0 Å². The fourth-order valence-electron chi connectivity index (χ4n) is 2.63. The number of aryl methyl sites for hydroxylation is 1. The van der Waals surface area contributed by atoms with Crippen LogP contribution in [0.25, 0.3) is 0 Å². The van der Waals surface area contributed by atoms with Gasteiger partial charge in [-0.05, 0) is 19.1 Å². The van der Waals surface area contributed by atoms with E-state index in [1.165, 1.54) is 24.5 Å². The molecule has 3 N–H and O–H groups in total. The fraction of sp³-hybridized carbons (Fsp3) is 0.375. The molecule has 9 nitrogen and oxygen atoms in total. The van der Waals surface area contributed by atoms with Gasteiger partial charge in [0.05, 0.1) is 6.61 Å². The number of alkyl halides is 1. The molecule has 0 aromatic carbocycles. The highest BCUT2D eigenvalue weighted by Crippen LogP contribution is 2.30. The Hall–Kier alpha value is -2.69. The molecule has 1 saturated heterocycles. The highest BCUT2D eigenvalue weighted by Gasteiger charge is 2.45. The SMILES string of the molecule is Cc1nccc(C(=O)Nc2ccn([C@@H]3O[C@H](CO)[C@@H](O)[C@H]3F)c(=O)c2)n1. The summed E-state index contributed by atoms with van der Waals surface area (Å²) in [6.07, 6.45) is -3.18. The summed E-state index contributed by atoms with van der Waals surface area (Å²) in [7, 11) is 0. The van der Waals surface area contributed by atoms with Gasteiger partial charge in [-0.15, -0.1) is 0 Å². The van der Waals surface area contributed by atoms with Crippen LogP contribution in [-0.2, 0) is 4.74 Å². The molecule has 1 amide bonds. The van der Waals surface area contributed by atoms with E-state index in [4.69, 9.17) is 9.84 Å². The maximum atomic E-state index is 14.1. The maximum Gasteiger partial charge on any atom is 0.274 e. The van der Waals surface area contributed by atoms with Crippen molar-refractivity contribution >= 4 is 11.6 Å². The second-order valence-corrected chi connectivity index (χ2v) is 5.79. The number of aromatic nitrogens is 3. The van der Waals surface area contributed by atoms with Crippen molar-refractivity contribution in [3.05, 3.63) is 52.5 Å². The van der Waals surface area contributed by atoms with Gasteiger partial charge in [0.25, 0.3) is 11.5 Å². The number of anilines is 1. The molecule has 0 radical (unpaired) electrons. The van der Waals surface area contributed by atoms with Crippen LogP contribution in [0.3, 0.4) is 0 Å². The molecule has 0 bridgehead atoms. The quantitative estimate of drug-likeness (QED) is 0.685. The van der Waals surface area contributed by atoms with Crippen molar-refractivity contribution in [1.29, 1.82) is 0 Å². The van der Waals surface area contributed by atoms with Crippen molar-refractivity contribution in [2.24, 2.45) is 0 Å². The van der Waals surface area contributed by atoms with Crippen LogP contribution in [0.5, 0.6) is 0 Å². The molecular formula is C16H17FN4O5. The zero-order chi connectivity index (χ0) is 18.8. The number of ether oxygens (including phenoxy) is 1. The van der Waals surface area contributed by atoms with E-state index >= 15 is 0 Å². The molecule has 0 spiro atoms. The minimum Gasteiger partial charge on any atom is -0.394 e. The lowest BCUT2D eigenvalue weighted by atomic mass is 10.1. The number of carbonyl (C=O) groups is 1. The molecule has 26 heavy (non-hydrogen) atoms. The van der Waals surface area contributed by atoms with E-state index in [-0.39, 0.29) is 11.4 Å². The molecule has 10 heteroatoms. The topological polar surface area (TPSA) is 127 Å². The van der Waals surface area contributed by atoms with Gasteiger partial charge in [0.2, 0.25) is 0 Å². The average molecular weight is 364 g/mol. The first-order valence-electron chi connectivity index (χ1n) is 7.82. The summed E-state index contributed by atoms with van der Waals surface area (Å²) in [5.74, 6) is -0.0960. The van der Waals surface area contributed by atoms with Crippen molar-refractivity contribution < 1.29 is 24.1 Å². The molecule has 3 rings (SSSR count). The monoisotopic (exact) mass is 364 g/mol. The first kappa shape index (κ1) is 18.1. The number of carbonyl (C=O) groups excluding carboxylic acids is 1. The molecule has 1 aliphatic heterocycles. The van der Waals surface area contributed by atoms with E-state index in [1.807, 2.05) is 0 Å². The number of aliphatic hydroxyl groups is 2. The standard InChI is InChI=1S/C16H17FN4O5/c1-8-18-4-2-10(19-8)15(25)20-9-3-5-21(12(23)6-9)16-13(17)14(24)11(7-22)26-16/h2-6,11,13-14,16,22,24H,7H2,1H3,(H,20,25)/t11-,13-,14-,16-/m1/s1. The summed E-state index contributed by atoms with van der Waals surface area (Å²) in [5, 5.41) is 21.2. The number of amides is 1. The number of nitrogens with one attached hydrogen (secondary N) is 1. The van der Waals surface area contributed by atoms with Gasteiger partial charge >= 0.3 is 0 Å². The maximum absolute atomic E-state index is 14.1. The third-order valence-electron chi connectivity index (χ3n) is 3.96. The fourth-order valence-corrected chi connectivity index (χ4v) is 2.63. The van der Waals surface area contributed by atoms with Gasteiger partial charge in [-0.1, -0.05) is 0 Å². The number of hydrogen-bond acceptors (Lipinski definition) is 7. The van der Waals surface area contributed by atoms with Crippen LogP contribution in [0.1, 0.15) is 22.5 Å². The lowest BCUT2D eigenvalue weighted by molar-refractivity contribution is -0.0486. The van der Waals surface area contributed by atoms with Crippen LogP contribution < -0.4 is 10.9 Å². The third kappa shape index (κ3) is 3.47. The van der Waals surface area contributed by atoms with Crippen LogP contribution in [-0.4, -0.2) is 55.6 Å². The van der Waals surface area contributed by atoms with Crippen molar-refractivity contribution in [2.75, 3.05) is 11.9 Å². The Kier molecular flexibility index (Phi) is 5.07. The molecule has 0 unspecified atom stereocenters. The van der Waals surface area contributed by atoms with Gasteiger partial charge in [0.1, 0.15) is 23.7 Å². The van der Waals surface area contributed by atoms with E-state index in [0.717, 1.165) is 10.6 Å². The number of halogens is 1. The van der Waals surface area contributed by atoms with Gasteiger partial charge in [-0.3, -0.25) is 14.2 Å². The van der Waals surface area contributed by atoms with E-state index in [1.54, 1.807) is 6.92 Å². The minimum absolute atomic E-state index is 0.138. The third-order valence-corrected chi connectivity index (χ3v) is 3.96. The van der Waals surface area contributed by atoms with E-state index in [9.17, 15) is 19.1 Å². The minimum atomic E-state index is -1.87. The highest BCUT2D eigenvalue weighted by molar-refractivity contribution is 6.02. The van der Waals surface area contributed by atoms with Crippen molar-refractivity contribution in [1.82, 2.24) is 14.5 Å². The van der Waals surface area contributed by atoms with Gasteiger partial charge in [0.15, 0.2) is 12.4 Å². The zero-order valence-electron chi connectivity index (χ0n) is 13.7. The number of hydrogen-bond donors (Lipinski definition) is 3. The molecule has 138 valence electrons. The van der Waals surface area contributed by atoms with E-state index in [0.29, 0.717) is 5.82 Å². The summed E-state index contributed by atoms with van der Waals surface area (Å²) >= 11 is 0. The molecule has 0 saturated carbocycles. The Balaban J connectivity index is 1.78.